The van der Waals surface area contributed by atoms with Gasteiger partial charge >= 0.3 is 0 Å². The van der Waals surface area contributed by atoms with Crippen molar-refractivity contribution in [1.29, 1.82) is 0 Å². The van der Waals surface area contributed by atoms with Crippen LogP contribution in [0.25, 0.3) is 0 Å². The summed E-state index contributed by atoms with van der Waals surface area (Å²) in [4.78, 5) is 0. The molecule has 0 amide bonds. The first-order valence-electron chi connectivity index (χ1n) is 7.86. The van der Waals surface area contributed by atoms with Crippen molar-refractivity contribution in [2.45, 2.75) is 44.3 Å². The molecule has 0 unspecified atom stereocenters. The minimum atomic E-state index is -1.64. The molecule has 2 atom stereocenters. The lowest BCUT2D eigenvalue weighted by molar-refractivity contribution is 0.0434. The van der Waals surface area contributed by atoms with Crippen molar-refractivity contribution in [2.75, 3.05) is 6.61 Å². The second-order valence-corrected chi connectivity index (χ2v) is 11.8. The zero-order valence-corrected chi connectivity index (χ0v) is 14.5. The molecule has 0 heterocycles. The minimum Gasteiger partial charge on any atom is -0.416 e. The maximum atomic E-state index is 6.45. The van der Waals surface area contributed by atoms with Gasteiger partial charge < -0.3 is 4.43 Å². The van der Waals surface area contributed by atoms with Crippen LogP contribution in [-0.4, -0.2) is 14.9 Å². The Balaban J connectivity index is 1.87. The Morgan fingerprint density at radius 2 is 2.00 bits per heavy atom. The van der Waals surface area contributed by atoms with Crippen molar-refractivity contribution in [2.24, 2.45) is 5.41 Å². The van der Waals surface area contributed by atoms with Gasteiger partial charge in [-0.1, -0.05) is 49.4 Å². The predicted octanol–water partition coefficient (Wildman–Crippen LogP) is 4.85. The molecule has 1 aromatic rings. The van der Waals surface area contributed by atoms with Gasteiger partial charge in [0.2, 0.25) is 0 Å². The average Bonchev–Trinajstić information content (AvgIpc) is 2.62. The van der Waals surface area contributed by atoms with Crippen LogP contribution in [-0.2, 0) is 16.3 Å². The first kappa shape index (κ1) is 14.8. The van der Waals surface area contributed by atoms with E-state index in [9.17, 15) is 0 Å². The number of allylic oxidation sites excluding steroid dienone is 1. The molecule has 0 aromatic heterocycles. The Morgan fingerprint density at radius 3 is 2.67 bits per heavy atom. The van der Waals surface area contributed by atoms with E-state index in [0.29, 0.717) is 0 Å². The minimum absolute atomic E-state index is 0.127. The number of benzene rings is 1. The van der Waals surface area contributed by atoms with Crippen LogP contribution >= 0.6 is 0 Å². The second-order valence-electron chi connectivity index (χ2n) is 7.57. The molecule has 2 aliphatic carbocycles. The monoisotopic (exact) mass is 298 g/mol. The first-order chi connectivity index (χ1) is 9.85. The van der Waals surface area contributed by atoms with Crippen LogP contribution < -0.4 is 0 Å². The molecular formula is C19H26OSi. The van der Waals surface area contributed by atoms with Gasteiger partial charge in [-0.25, -0.2) is 0 Å². The maximum absolute atomic E-state index is 6.45. The summed E-state index contributed by atoms with van der Waals surface area (Å²) in [6.07, 6.45) is 4.20. The van der Waals surface area contributed by atoms with Gasteiger partial charge in [0.05, 0.1) is 0 Å². The van der Waals surface area contributed by atoms with E-state index in [1.54, 1.807) is 0 Å². The molecule has 1 saturated carbocycles. The summed E-state index contributed by atoms with van der Waals surface area (Å²) >= 11 is 0. The number of rotatable bonds is 5. The molecule has 2 heteroatoms. The van der Waals surface area contributed by atoms with Crippen molar-refractivity contribution >= 4 is 8.32 Å². The zero-order valence-electron chi connectivity index (χ0n) is 13.5. The van der Waals surface area contributed by atoms with Crippen LogP contribution in [0.3, 0.4) is 0 Å². The van der Waals surface area contributed by atoms with E-state index in [1.807, 2.05) is 6.08 Å². The van der Waals surface area contributed by atoms with Crippen molar-refractivity contribution in [3.63, 3.8) is 0 Å². The smallest absolute Gasteiger partial charge is 0.190 e. The molecule has 2 aliphatic rings. The molecule has 0 bridgehead atoms. The third-order valence-electron chi connectivity index (χ3n) is 5.75. The highest BCUT2D eigenvalue weighted by molar-refractivity contribution is 6.71. The molecule has 0 aliphatic heterocycles. The third kappa shape index (κ3) is 2.00. The number of fused-ring (bicyclic) bond motifs is 3. The summed E-state index contributed by atoms with van der Waals surface area (Å²) in [5, 5.41) is 0. The predicted molar refractivity (Wildman–Crippen MR) is 92.1 cm³/mol. The molecule has 0 spiro atoms. The van der Waals surface area contributed by atoms with E-state index < -0.39 is 8.32 Å². The lowest BCUT2D eigenvalue weighted by Crippen LogP contribution is -2.56. The third-order valence-corrected chi connectivity index (χ3v) is 7.95. The van der Waals surface area contributed by atoms with Crippen molar-refractivity contribution < 1.29 is 4.43 Å². The van der Waals surface area contributed by atoms with E-state index in [4.69, 9.17) is 4.43 Å². The van der Waals surface area contributed by atoms with Gasteiger partial charge in [0.1, 0.15) is 0 Å². The summed E-state index contributed by atoms with van der Waals surface area (Å²) in [7, 11) is -1.64. The van der Waals surface area contributed by atoms with E-state index in [0.717, 1.165) is 25.5 Å². The molecule has 1 nitrogen and oxygen atoms in total. The van der Waals surface area contributed by atoms with Gasteiger partial charge in [0.15, 0.2) is 8.32 Å². The van der Waals surface area contributed by atoms with Crippen LogP contribution in [0.1, 0.15) is 24.5 Å². The van der Waals surface area contributed by atoms with Crippen LogP contribution in [0.2, 0.25) is 19.1 Å². The maximum Gasteiger partial charge on any atom is 0.190 e. The Kier molecular flexibility index (Phi) is 3.30. The molecule has 112 valence electrons. The summed E-state index contributed by atoms with van der Waals surface area (Å²) in [6, 6.07) is 9.91. The molecule has 0 saturated heterocycles. The lowest BCUT2D eigenvalue weighted by Gasteiger charge is -2.57. The molecule has 1 fully saturated rings. The SMILES string of the molecule is C=CC[Si](C)(C)OC[C@]12Cc3ccccc3[C@@]1(C)CC2=C. The van der Waals surface area contributed by atoms with Gasteiger partial charge in [0, 0.05) is 17.4 Å². The molecule has 0 radical (unpaired) electrons. The quantitative estimate of drug-likeness (QED) is 0.557. The van der Waals surface area contributed by atoms with Crippen molar-refractivity contribution in [3.05, 3.63) is 60.2 Å². The fraction of sp³-hybridized carbons (Fsp3) is 0.474. The van der Waals surface area contributed by atoms with Crippen LogP contribution in [0.15, 0.2) is 49.1 Å². The summed E-state index contributed by atoms with van der Waals surface area (Å²) in [5.74, 6) is 0. The molecular weight excluding hydrogens is 272 g/mol. The van der Waals surface area contributed by atoms with E-state index >= 15 is 0 Å². The Hall–Kier alpha value is -1.12. The first-order valence-corrected chi connectivity index (χ1v) is 11.0. The highest BCUT2D eigenvalue weighted by atomic mass is 28.4. The Bertz CT molecular complexity index is 603. The van der Waals surface area contributed by atoms with Gasteiger partial charge in [0.25, 0.3) is 0 Å². The van der Waals surface area contributed by atoms with Crippen molar-refractivity contribution in [1.82, 2.24) is 0 Å². The van der Waals surface area contributed by atoms with Crippen molar-refractivity contribution in [3.8, 4) is 0 Å². The van der Waals surface area contributed by atoms with Gasteiger partial charge in [-0.05, 0) is 43.1 Å². The average molecular weight is 299 g/mol. The highest BCUT2D eigenvalue weighted by Crippen LogP contribution is 2.67. The fourth-order valence-electron chi connectivity index (χ4n) is 4.30. The summed E-state index contributed by atoms with van der Waals surface area (Å²) < 4.78 is 6.45. The standard InChI is InChI=1S/C19H26OSi/c1-6-11-21(4,5)20-14-19-13-16-9-7-8-10-17(16)18(19,3)12-15(19)2/h6-10H,1-2,11-14H2,3-5H3/t18-,19+/m1/s1. The van der Waals surface area contributed by atoms with Gasteiger partial charge in [-0.15, -0.1) is 6.58 Å². The van der Waals surface area contributed by atoms with E-state index in [1.165, 1.54) is 16.7 Å². The second kappa shape index (κ2) is 4.69. The molecule has 21 heavy (non-hydrogen) atoms. The summed E-state index contributed by atoms with van der Waals surface area (Å²) in [5.41, 5.74) is 4.74. The Morgan fingerprint density at radius 1 is 1.29 bits per heavy atom. The summed E-state index contributed by atoms with van der Waals surface area (Å²) in [6.45, 7) is 16.0. The van der Waals surface area contributed by atoms with Crippen LogP contribution in [0.4, 0.5) is 0 Å². The van der Waals surface area contributed by atoms with Gasteiger partial charge in [-0.2, -0.15) is 0 Å². The van der Waals surface area contributed by atoms with Crippen LogP contribution in [0, 0.1) is 5.41 Å². The zero-order chi connectivity index (χ0) is 15.3. The number of hydrogen-bond donors (Lipinski definition) is 0. The fourth-order valence-corrected chi connectivity index (χ4v) is 5.75. The Labute approximate surface area is 129 Å². The number of hydrogen-bond acceptors (Lipinski definition) is 1. The normalized spacial score (nSPS) is 30.5. The molecule has 1 aromatic carbocycles. The topological polar surface area (TPSA) is 9.23 Å². The molecule has 3 rings (SSSR count). The molecule has 0 N–H and O–H groups in total. The van der Waals surface area contributed by atoms with Gasteiger partial charge in [-0.3, -0.25) is 0 Å². The largest absolute Gasteiger partial charge is 0.416 e. The van der Waals surface area contributed by atoms with E-state index in [2.05, 4.69) is 57.4 Å². The van der Waals surface area contributed by atoms with E-state index in [-0.39, 0.29) is 10.8 Å². The lowest BCUT2D eigenvalue weighted by atomic mass is 9.48. The highest BCUT2D eigenvalue weighted by Gasteiger charge is 2.63. The van der Waals surface area contributed by atoms with Crippen LogP contribution in [0.5, 0.6) is 0 Å².